The lowest BCUT2D eigenvalue weighted by atomic mass is 9.45. The molecule has 0 bridgehead atoms. The number of carbonyl (C=O) groups excluding carboxylic acids is 4. The number of aliphatic hydroxyl groups excluding tert-OH is 1. The molecule has 4 N–H and O–H groups in total. The zero-order chi connectivity index (χ0) is 31.9. The van der Waals surface area contributed by atoms with Gasteiger partial charge >= 0.3 is 11.9 Å². The largest absolute Gasteiger partial charge is 0.480 e. The van der Waals surface area contributed by atoms with Gasteiger partial charge in [-0.05, 0) is 73.3 Å². The summed E-state index contributed by atoms with van der Waals surface area (Å²) in [7, 11) is 0. The van der Waals surface area contributed by atoms with Crippen molar-refractivity contribution in [2.24, 2.45) is 28.6 Å². The summed E-state index contributed by atoms with van der Waals surface area (Å²) >= 11 is 0. The normalized spacial score (nSPS) is 34.9. The lowest BCUT2D eigenvalue weighted by molar-refractivity contribution is -0.184. The summed E-state index contributed by atoms with van der Waals surface area (Å²) in [5, 5.41) is 35.3. The van der Waals surface area contributed by atoms with Crippen molar-refractivity contribution in [3.05, 3.63) is 47.5 Å². The molecule has 1 aromatic rings. The van der Waals surface area contributed by atoms with Crippen LogP contribution < -0.4 is 5.32 Å². The Balaban J connectivity index is 1.16. The number of hydrogen-bond acceptors (Lipinski definition) is 8. The highest BCUT2D eigenvalue weighted by molar-refractivity contribution is 5.92. The van der Waals surface area contributed by atoms with E-state index in [2.05, 4.69) is 12.2 Å². The molecule has 44 heavy (non-hydrogen) atoms. The van der Waals surface area contributed by atoms with Crippen LogP contribution in [0.15, 0.2) is 42.0 Å². The lowest BCUT2D eigenvalue weighted by Crippen LogP contribution is -2.62. The number of ketones is 2. The number of Topliss-reactive ketones (excluding diaryl/α,β-unsaturated/α-hetero) is 1. The smallest absolute Gasteiger partial charge is 0.326 e. The zero-order valence-corrected chi connectivity index (χ0v) is 25.4. The van der Waals surface area contributed by atoms with Crippen LogP contribution in [0.3, 0.4) is 0 Å². The monoisotopic (exact) mass is 609 g/mol. The van der Waals surface area contributed by atoms with E-state index in [1.165, 1.54) is 0 Å². The summed E-state index contributed by atoms with van der Waals surface area (Å²) in [6.45, 7) is 3.35. The third kappa shape index (κ3) is 5.74. The van der Waals surface area contributed by atoms with Crippen LogP contribution in [-0.2, 0) is 35.1 Å². The zero-order valence-electron chi connectivity index (χ0n) is 25.4. The Morgan fingerprint density at radius 1 is 1.05 bits per heavy atom. The number of allylic oxidation sites excluding steroid dienone is 1. The number of fused-ring (bicyclic) bond motifs is 5. The minimum absolute atomic E-state index is 0.00156. The van der Waals surface area contributed by atoms with Crippen LogP contribution in [0.2, 0.25) is 0 Å². The van der Waals surface area contributed by atoms with E-state index >= 15 is 0 Å². The maximum Gasteiger partial charge on any atom is 0.326 e. The predicted octanol–water partition coefficient (Wildman–Crippen LogP) is 2.92. The summed E-state index contributed by atoms with van der Waals surface area (Å²) < 4.78 is 5.19. The van der Waals surface area contributed by atoms with Gasteiger partial charge in [-0.3, -0.25) is 19.2 Å². The van der Waals surface area contributed by atoms with Gasteiger partial charge in [0, 0.05) is 24.7 Å². The van der Waals surface area contributed by atoms with Crippen LogP contribution in [0.4, 0.5) is 0 Å². The van der Waals surface area contributed by atoms with Crippen LogP contribution in [0.25, 0.3) is 0 Å². The van der Waals surface area contributed by atoms with Gasteiger partial charge in [0.25, 0.3) is 0 Å². The first-order chi connectivity index (χ1) is 20.8. The Kier molecular flexibility index (Phi) is 8.88. The van der Waals surface area contributed by atoms with Gasteiger partial charge in [0.15, 0.2) is 12.4 Å². The third-order valence-electron chi connectivity index (χ3n) is 11.3. The summed E-state index contributed by atoms with van der Waals surface area (Å²) in [4.78, 5) is 62.1. The first kappa shape index (κ1) is 32.0. The lowest BCUT2D eigenvalue weighted by Gasteiger charge is -2.60. The number of ether oxygens (including phenoxy) is 1. The Morgan fingerprint density at radius 2 is 1.77 bits per heavy atom. The number of esters is 1. The fraction of sp³-hybridized carbons (Fsp3) is 0.618. The molecule has 0 spiro atoms. The van der Waals surface area contributed by atoms with Crippen molar-refractivity contribution in [1.82, 2.24) is 5.32 Å². The molecule has 238 valence electrons. The second-order valence-corrected chi connectivity index (χ2v) is 13.7. The van der Waals surface area contributed by atoms with Crippen molar-refractivity contribution in [2.75, 3.05) is 6.61 Å². The molecule has 0 aliphatic heterocycles. The molecule has 0 aromatic heterocycles. The number of benzene rings is 1. The van der Waals surface area contributed by atoms with Crippen molar-refractivity contribution in [3.8, 4) is 0 Å². The Bertz CT molecular complexity index is 1360. The molecule has 1 amide bonds. The average Bonchev–Trinajstić information content (AvgIpc) is 3.25. The van der Waals surface area contributed by atoms with E-state index in [1.54, 1.807) is 36.4 Å². The predicted molar refractivity (Wildman–Crippen MR) is 158 cm³/mol. The molecule has 10 heteroatoms. The second kappa shape index (κ2) is 12.2. The van der Waals surface area contributed by atoms with Crippen molar-refractivity contribution in [3.63, 3.8) is 0 Å². The molecule has 4 aliphatic carbocycles. The van der Waals surface area contributed by atoms with Gasteiger partial charge in [-0.25, -0.2) is 4.79 Å². The average molecular weight is 610 g/mol. The van der Waals surface area contributed by atoms with E-state index < -0.39 is 53.4 Å². The van der Waals surface area contributed by atoms with Crippen molar-refractivity contribution < 1.29 is 44.0 Å². The fourth-order valence-electron chi connectivity index (χ4n) is 9.02. The molecule has 4 aliphatic rings. The van der Waals surface area contributed by atoms with Crippen molar-refractivity contribution in [2.45, 2.75) is 95.8 Å². The van der Waals surface area contributed by atoms with Crippen molar-refractivity contribution in [1.29, 1.82) is 0 Å². The molecule has 0 saturated heterocycles. The molecule has 5 rings (SSSR count). The number of aliphatic hydroxyl groups is 2. The van der Waals surface area contributed by atoms with Crippen LogP contribution >= 0.6 is 0 Å². The molecular formula is C34H43NO9. The quantitative estimate of drug-likeness (QED) is 0.292. The number of carboxylic acid groups (broad SMARTS) is 1. The Morgan fingerprint density at radius 3 is 2.48 bits per heavy atom. The van der Waals surface area contributed by atoms with E-state index in [4.69, 9.17) is 4.74 Å². The van der Waals surface area contributed by atoms with Gasteiger partial charge in [-0.2, -0.15) is 0 Å². The molecule has 3 saturated carbocycles. The number of carbonyl (C=O) groups is 5. The number of amides is 1. The number of hydrogen-bond donors (Lipinski definition) is 4. The summed E-state index contributed by atoms with van der Waals surface area (Å²) in [6.07, 6.45) is 4.20. The third-order valence-corrected chi connectivity index (χ3v) is 11.3. The molecule has 8 atom stereocenters. The van der Waals surface area contributed by atoms with Crippen LogP contribution in [0.5, 0.6) is 0 Å². The highest BCUT2D eigenvalue weighted by atomic mass is 16.5. The summed E-state index contributed by atoms with van der Waals surface area (Å²) in [5.74, 6) is -3.07. The number of rotatable bonds is 10. The van der Waals surface area contributed by atoms with Crippen LogP contribution in [0, 0.1) is 28.6 Å². The standard InChI is InChI=1S/C34H43NO9/c1-32-14-12-22(36)17-21(32)8-9-23-24-13-15-34(43,33(24,2)18-26(37)30(23)32)27(38)19-44-29(40)11-10-28(39)35-25(31(41)42)16-20-6-4-3-5-7-20/h3-7,17,23-26,30,37,43H,8-16,18-19H2,1-2H3,(H,35,39)(H,41,42)/t23-,24-,25?,26-,30+,32-,33-,34-/m0/s1. The molecule has 10 nitrogen and oxygen atoms in total. The topological polar surface area (TPSA) is 167 Å². The second-order valence-electron chi connectivity index (χ2n) is 13.7. The highest BCUT2D eigenvalue weighted by Gasteiger charge is 2.68. The van der Waals surface area contributed by atoms with Crippen molar-refractivity contribution >= 4 is 29.4 Å². The molecule has 3 fully saturated rings. The number of aliphatic carboxylic acids is 1. The molecule has 0 radical (unpaired) electrons. The highest BCUT2D eigenvalue weighted by Crippen LogP contribution is 2.67. The van der Waals surface area contributed by atoms with E-state index in [9.17, 15) is 39.3 Å². The first-order valence-corrected chi connectivity index (χ1v) is 15.7. The van der Waals surface area contributed by atoms with Gasteiger partial charge in [0.05, 0.1) is 12.5 Å². The van der Waals surface area contributed by atoms with E-state index in [-0.39, 0.29) is 61.1 Å². The van der Waals surface area contributed by atoms with Crippen LogP contribution in [0.1, 0.15) is 77.2 Å². The van der Waals surface area contributed by atoms with Crippen LogP contribution in [-0.4, -0.2) is 69.1 Å². The maximum atomic E-state index is 13.5. The molecule has 1 aromatic carbocycles. The minimum Gasteiger partial charge on any atom is -0.480 e. The van der Waals surface area contributed by atoms with E-state index in [0.717, 1.165) is 24.0 Å². The first-order valence-electron chi connectivity index (χ1n) is 15.7. The Hall–Kier alpha value is -3.37. The molecular weight excluding hydrogens is 566 g/mol. The maximum absolute atomic E-state index is 13.5. The Labute approximate surface area is 257 Å². The summed E-state index contributed by atoms with van der Waals surface area (Å²) in [6, 6.07) is 7.70. The molecule has 0 heterocycles. The number of carboxylic acids is 1. The van der Waals surface area contributed by atoms with E-state index in [1.807, 2.05) is 6.92 Å². The van der Waals surface area contributed by atoms with Gasteiger partial charge in [-0.1, -0.05) is 49.8 Å². The van der Waals surface area contributed by atoms with Gasteiger partial charge in [0.1, 0.15) is 11.6 Å². The fourth-order valence-corrected chi connectivity index (χ4v) is 9.02. The van der Waals surface area contributed by atoms with Gasteiger partial charge in [-0.15, -0.1) is 0 Å². The van der Waals surface area contributed by atoms with Gasteiger partial charge in [0.2, 0.25) is 11.7 Å². The SMILES string of the molecule is C[C@]12CCC(=O)C=C1CC[C@@H]1[C@@H]2[C@@H](O)C[C@@]2(C)[C@H]1CC[C@]2(O)C(=O)COC(=O)CCC(=O)NC(Cc1ccccc1)C(=O)O. The van der Waals surface area contributed by atoms with Gasteiger partial charge < -0.3 is 25.4 Å². The summed E-state index contributed by atoms with van der Waals surface area (Å²) in [5.41, 5.74) is -1.10. The number of nitrogens with one attached hydrogen (secondary N) is 1. The molecule has 1 unspecified atom stereocenters. The minimum atomic E-state index is -1.77. The van der Waals surface area contributed by atoms with E-state index in [0.29, 0.717) is 19.3 Å².